The maximum atomic E-state index is 13.2. The van der Waals surface area contributed by atoms with E-state index in [2.05, 4.69) is 19.1 Å². The average Bonchev–Trinajstić information content (AvgIpc) is 2.74. The summed E-state index contributed by atoms with van der Waals surface area (Å²) in [5.74, 6) is 0.842. The molecule has 0 saturated carbocycles. The van der Waals surface area contributed by atoms with Crippen LogP contribution in [-0.2, 0) is 16.0 Å². The van der Waals surface area contributed by atoms with Gasteiger partial charge in [0.05, 0.1) is 12.5 Å². The van der Waals surface area contributed by atoms with Crippen molar-refractivity contribution in [2.45, 2.75) is 32.1 Å². The highest BCUT2D eigenvalue weighted by molar-refractivity contribution is 5.82. The third kappa shape index (κ3) is 3.18. The van der Waals surface area contributed by atoms with Crippen molar-refractivity contribution >= 4 is 5.97 Å². The van der Waals surface area contributed by atoms with Gasteiger partial charge in [0.1, 0.15) is 11.5 Å². The zero-order chi connectivity index (χ0) is 19.5. The first-order chi connectivity index (χ1) is 13.7. The first kappa shape index (κ1) is 18.3. The van der Waals surface area contributed by atoms with Crippen LogP contribution in [0.15, 0.2) is 72.8 Å². The van der Waals surface area contributed by atoms with Crippen molar-refractivity contribution in [3.63, 3.8) is 0 Å². The summed E-state index contributed by atoms with van der Waals surface area (Å²) < 4.78 is 11.8. The molecule has 2 atom stereocenters. The van der Waals surface area contributed by atoms with Crippen molar-refractivity contribution in [3.8, 4) is 11.5 Å². The number of carbonyl (C=O) groups excluding carboxylic acids is 1. The van der Waals surface area contributed by atoms with Crippen LogP contribution in [0.25, 0.3) is 0 Å². The van der Waals surface area contributed by atoms with E-state index >= 15 is 0 Å². The SMILES string of the molecule is CCOC(=O)C(c1ccccc1)C1c2ccccc2Oc2cccc(CC)c21. The lowest BCUT2D eigenvalue weighted by Gasteiger charge is -2.34. The fourth-order valence-corrected chi connectivity index (χ4v) is 4.15. The van der Waals surface area contributed by atoms with Crippen LogP contribution in [0.4, 0.5) is 0 Å². The molecule has 3 aromatic carbocycles. The summed E-state index contributed by atoms with van der Waals surface area (Å²) in [7, 11) is 0. The van der Waals surface area contributed by atoms with Crippen LogP contribution in [-0.4, -0.2) is 12.6 Å². The van der Waals surface area contributed by atoms with Gasteiger partial charge in [0.2, 0.25) is 0 Å². The summed E-state index contributed by atoms with van der Waals surface area (Å²) in [6.45, 7) is 4.34. The highest BCUT2D eigenvalue weighted by Gasteiger charge is 2.40. The summed E-state index contributed by atoms with van der Waals surface area (Å²) in [5.41, 5.74) is 4.27. The molecular formula is C25H24O3. The number of ether oxygens (including phenoxy) is 2. The Hall–Kier alpha value is -3.07. The van der Waals surface area contributed by atoms with Gasteiger partial charge >= 0.3 is 5.97 Å². The molecule has 0 aliphatic carbocycles. The lowest BCUT2D eigenvalue weighted by molar-refractivity contribution is -0.145. The second-order valence-corrected chi connectivity index (χ2v) is 6.94. The molecular weight excluding hydrogens is 348 g/mol. The largest absolute Gasteiger partial charge is 0.465 e. The number of para-hydroxylation sites is 1. The Morgan fingerprint density at radius 1 is 0.929 bits per heavy atom. The standard InChI is InChI=1S/C25H24O3/c1-3-17-13-10-16-21-22(17)24(19-14-8-9-15-20(19)28-21)23(25(26)27-4-2)18-11-6-5-7-12-18/h5-16,23-24H,3-4H2,1-2H3. The predicted octanol–water partition coefficient (Wildman–Crippen LogP) is 5.83. The van der Waals surface area contributed by atoms with Crippen molar-refractivity contribution < 1.29 is 14.3 Å². The quantitative estimate of drug-likeness (QED) is 0.528. The lowest BCUT2D eigenvalue weighted by atomic mass is 9.73. The third-order valence-electron chi connectivity index (χ3n) is 5.35. The van der Waals surface area contributed by atoms with Crippen molar-refractivity contribution in [2.24, 2.45) is 0 Å². The van der Waals surface area contributed by atoms with E-state index in [9.17, 15) is 4.79 Å². The van der Waals surface area contributed by atoms with Gasteiger partial charge < -0.3 is 9.47 Å². The number of esters is 1. The molecule has 0 saturated heterocycles. The first-order valence-corrected chi connectivity index (χ1v) is 9.84. The van der Waals surface area contributed by atoms with Gasteiger partial charge in [-0.2, -0.15) is 0 Å². The molecule has 3 nitrogen and oxygen atoms in total. The smallest absolute Gasteiger partial charge is 0.314 e. The molecule has 0 radical (unpaired) electrons. The Morgan fingerprint density at radius 2 is 1.64 bits per heavy atom. The minimum atomic E-state index is -0.433. The van der Waals surface area contributed by atoms with Crippen LogP contribution in [0.3, 0.4) is 0 Å². The molecule has 1 aliphatic heterocycles. The van der Waals surface area contributed by atoms with Gasteiger partial charge in [-0.15, -0.1) is 0 Å². The Balaban J connectivity index is 1.97. The Kier molecular flexibility index (Phi) is 5.16. The molecule has 2 unspecified atom stereocenters. The molecule has 142 valence electrons. The normalized spacial score (nSPS) is 15.7. The second kappa shape index (κ2) is 7.89. The molecule has 28 heavy (non-hydrogen) atoms. The van der Waals surface area contributed by atoms with Gasteiger partial charge in [-0.25, -0.2) is 0 Å². The number of benzene rings is 3. The van der Waals surface area contributed by atoms with Gasteiger partial charge in [0.15, 0.2) is 0 Å². The molecule has 0 aromatic heterocycles. The van der Waals surface area contributed by atoms with Gasteiger partial charge in [-0.1, -0.05) is 67.6 Å². The monoisotopic (exact) mass is 372 g/mol. The topological polar surface area (TPSA) is 35.5 Å². The molecule has 1 heterocycles. The third-order valence-corrected chi connectivity index (χ3v) is 5.35. The number of aryl methyl sites for hydroxylation is 1. The number of hydrogen-bond acceptors (Lipinski definition) is 3. The molecule has 0 amide bonds. The van der Waals surface area contributed by atoms with E-state index in [4.69, 9.17) is 9.47 Å². The second-order valence-electron chi connectivity index (χ2n) is 6.94. The van der Waals surface area contributed by atoms with Gasteiger partial charge in [-0.3, -0.25) is 4.79 Å². The van der Waals surface area contributed by atoms with Crippen molar-refractivity contribution in [1.29, 1.82) is 0 Å². The van der Waals surface area contributed by atoms with E-state index in [0.717, 1.165) is 34.6 Å². The van der Waals surface area contributed by atoms with E-state index in [1.165, 1.54) is 5.56 Å². The first-order valence-electron chi connectivity index (χ1n) is 9.84. The molecule has 3 heteroatoms. The van der Waals surface area contributed by atoms with E-state index < -0.39 is 5.92 Å². The zero-order valence-corrected chi connectivity index (χ0v) is 16.2. The highest BCUT2D eigenvalue weighted by atomic mass is 16.5. The van der Waals surface area contributed by atoms with E-state index in [1.54, 1.807) is 0 Å². The zero-order valence-electron chi connectivity index (χ0n) is 16.2. The maximum absolute atomic E-state index is 13.2. The molecule has 0 fully saturated rings. The van der Waals surface area contributed by atoms with Crippen LogP contribution < -0.4 is 4.74 Å². The van der Waals surface area contributed by atoms with E-state index in [0.29, 0.717) is 6.61 Å². The summed E-state index contributed by atoms with van der Waals surface area (Å²) in [6.07, 6.45) is 0.871. The summed E-state index contributed by atoms with van der Waals surface area (Å²) in [4.78, 5) is 13.2. The maximum Gasteiger partial charge on any atom is 0.314 e. The van der Waals surface area contributed by atoms with Gasteiger partial charge in [0.25, 0.3) is 0 Å². The fourth-order valence-electron chi connectivity index (χ4n) is 4.15. The number of fused-ring (bicyclic) bond motifs is 2. The molecule has 0 N–H and O–H groups in total. The van der Waals surface area contributed by atoms with Crippen LogP contribution in [0.5, 0.6) is 11.5 Å². The Bertz CT molecular complexity index is 978. The van der Waals surface area contributed by atoms with E-state index in [1.807, 2.05) is 67.6 Å². The van der Waals surface area contributed by atoms with Gasteiger partial charge in [-0.05, 0) is 36.6 Å². The predicted molar refractivity (Wildman–Crippen MR) is 110 cm³/mol. The highest BCUT2D eigenvalue weighted by Crippen LogP contribution is 2.51. The van der Waals surface area contributed by atoms with Crippen LogP contribution in [0.2, 0.25) is 0 Å². The molecule has 0 spiro atoms. The fraction of sp³-hybridized carbons (Fsp3) is 0.240. The van der Waals surface area contributed by atoms with Crippen LogP contribution >= 0.6 is 0 Å². The minimum Gasteiger partial charge on any atom is -0.465 e. The van der Waals surface area contributed by atoms with Gasteiger partial charge in [0, 0.05) is 17.0 Å². The summed E-state index contributed by atoms with van der Waals surface area (Å²) in [6, 6.07) is 24.1. The number of hydrogen-bond donors (Lipinski definition) is 0. The average molecular weight is 372 g/mol. The summed E-state index contributed by atoms with van der Waals surface area (Å²) in [5, 5.41) is 0. The minimum absolute atomic E-state index is 0.155. The van der Waals surface area contributed by atoms with Crippen molar-refractivity contribution in [3.05, 3.63) is 95.1 Å². The Labute approximate surface area is 165 Å². The van der Waals surface area contributed by atoms with Crippen molar-refractivity contribution in [1.82, 2.24) is 0 Å². The molecule has 1 aliphatic rings. The molecule has 0 bridgehead atoms. The Morgan fingerprint density at radius 3 is 2.39 bits per heavy atom. The molecule has 3 aromatic rings. The number of carbonyl (C=O) groups is 1. The molecule has 4 rings (SSSR count). The van der Waals surface area contributed by atoms with E-state index in [-0.39, 0.29) is 11.9 Å². The van der Waals surface area contributed by atoms with Crippen molar-refractivity contribution in [2.75, 3.05) is 6.61 Å². The van der Waals surface area contributed by atoms with Crippen LogP contribution in [0, 0.1) is 0 Å². The lowest BCUT2D eigenvalue weighted by Crippen LogP contribution is -2.27. The van der Waals surface area contributed by atoms with Crippen LogP contribution in [0.1, 0.15) is 47.9 Å². The number of rotatable bonds is 5. The summed E-state index contributed by atoms with van der Waals surface area (Å²) >= 11 is 0.